The lowest BCUT2D eigenvalue weighted by Crippen LogP contribution is -2.31. The van der Waals surface area contributed by atoms with Crippen LogP contribution in [0.4, 0.5) is 0 Å². The highest BCUT2D eigenvalue weighted by molar-refractivity contribution is 5.85. The van der Waals surface area contributed by atoms with Gasteiger partial charge in [0.1, 0.15) is 17.6 Å². The largest absolute Gasteiger partial charge is 0.481 e. The minimum absolute atomic E-state index is 0. The third-order valence-electron chi connectivity index (χ3n) is 1.67. The van der Waals surface area contributed by atoms with Gasteiger partial charge in [0.05, 0.1) is 13.0 Å². The number of carboxylic acids is 2. The van der Waals surface area contributed by atoms with Crippen molar-refractivity contribution in [2.45, 2.75) is 32.2 Å². The number of aliphatic carboxylic acids is 2. The van der Waals surface area contributed by atoms with Crippen LogP contribution in [0.3, 0.4) is 0 Å². The topological polar surface area (TPSA) is 161 Å². The Hall–Kier alpha value is -1.51. The normalized spacial score (nSPS) is 10.3. The SMILES string of the molecule is CC(=O)CC(N)C(=O)O.Cl.NCC(=O)CCC(=O)O. The van der Waals surface area contributed by atoms with Gasteiger partial charge >= 0.3 is 11.9 Å². The molecule has 0 rings (SSSR count). The molecule has 0 heterocycles. The highest BCUT2D eigenvalue weighted by atomic mass is 35.5. The third-order valence-corrected chi connectivity index (χ3v) is 1.67. The molecule has 1 unspecified atom stereocenters. The highest BCUT2D eigenvalue weighted by Gasteiger charge is 2.12. The van der Waals surface area contributed by atoms with Crippen molar-refractivity contribution >= 4 is 35.9 Å². The van der Waals surface area contributed by atoms with Crippen molar-refractivity contribution in [1.29, 1.82) is 0 Å². The van der Waals surface area contributed by atoms with Gasteiger partial charge in [-0.15, -0.1) is 12.4 Å². The van der Waals surface area contributed by atoms with E-state index in [1.165, 1.54) is 6.92 Å². The number of hydrogen-bond donors (Lipinski definition) is 4. The number of carbonyl (C=O) groups is 4. The average molecular weight is 299 g/mol. The molecule has 0 aromatic rings. The molecule has 6 N–H and O–H groups in total. The van der Waals surface area contributed by atoms with Crippen LogP contribution in [0.15, 0.2) is 0 Å². The number of carboxylic acid groups (broad SMARTS) is 2. The van der Waals surface area contributed by atoms with Crippen LogP contribution in [0, 0.1) is 0 Å². The van der Waals surface area contributed by atoms with Gasteiger partial charge in [-0.2, -0.15) is 0 Å². The van der Waals surface area contributed by atoms with E-state index in [0.717, 1.165) is 0 Å². The van der Waals surface area contributed by atoms with E-state index in [-0.39, 0.29) is 49.8 Å². The van der Waals surface area contributed by atoms with Crippen molar-refractivity contribution in [2.24, 2.45) is 11.5 Å². The Morgan fingerprint density at radius 2 is 1.58 bits per heavy atom. The highest BCUT2D eigenvalue weighted by Crippen LogP contribution is 1.88. The van der Waals surface area contributed by atoms with Gasteiger partial charge in [-0.1, -0.05) is 0 Å². The molecule has 0 aliphatic rings. The maximum Gasteiger partial charge on any atom is 0.320 e. The summed E-state index contributed by atoms with van der Waals surface area (Å²) in [6.07, 6.45) is -0.156. The molecule has 9 heteroatoms. The van der Waals surface area contributed by atoms with Crippen molar-refractivity contribution < 1.29 is 29.4 Å². The summed E-state index contributed by atoms with van der Waals surface area (Å²) in [4.78, 5) is 40.3. The molecule has 0 aliphatic heterocycles. The first-order valence-corrected chi connectivity index (χ1v) is 5.12. The summed E-state index contributed by atoms with van der Waals surface area (Å²) in [5.74, 6) is -2.51. The van der Waals surface area contributed by atoms with Gasteiger partial charge in [-0.25, -0.2) is 0 Å². The average Bonchev–Trinajstić information content (AvgIpc) is 2.25. The second-order valence-electron chi connectivity index (χ2n) is 3.49. The Labute approximate surface area is 116 Å². The number of Topliss-reactive ketones (excluding diaryl/α,β-unsaturated/α-hetero) is 2. The van der Waals surface area contributed by atoms with Crippen molar-refractivity contribution in [1.82, 2.24) is 0 Å². The van der Waals surface area contributed by atoms with Gasteiger partial charge in [-0.05, 0) is 6.92 Å². The molecule has 0 saturated heterocycles. The molecule has 19 heavy (non-hydrogen) atoms. The van der Waals surface area contributed by atoms with E-state index in [1.807, 2.05) is 0 Å². The van der Waals surface area contributed by atoms with E-state index in [0.29, 0.717) is 0 Å². The van der Waals surface area contributed by atoms with Crippen LogP contribution in [0.25, 0.3) is 0 Å². The maximum atomic E-state index is 10.3. The predicted molar refractivity (Wildman–Crippen MR) is 69.1 cm³/mol. The summed E-state index contributed by atoms with van der Waals surface area (Å²) in [6, 6.07) is -1.04. The molecule has 1 atom stereocenters. The van der Waals surface area contributed by atoms with E-state index >= 15 is 0 Å². The van der Waals surface area contributed by atoms with Gasteiger partial charge in [0.25, 0.3) is 0 Å². The lowest BCUT2D eigenvalue weighted by Gasteiger charge is -2.00. The van der Waals surface area contributed by atoms with Crippen molar-refractivity contribution in [3.05, 3.63) is 0 Å². The monoisotopic (exact) mass is 298 g/mol. The molecule has 112 valence electrons. The lowest BCUT2D eigenvalue weighted by atomic mass is 10.2. The number of hydrogen-bond acceptors (Lipinski definition) is 6. The van der Waals surface area contributed by atoms with E-state index in [1.54, 1.807) is 0 Å². The van der Waals surface area contributed by atoms with Crippen LogP contribution < -0.4 is 11.5 Å². The third kappa shape index (κ3) is 19.0. The van der Waals surface area contributed by atoms with Gasteiger partial charge in [-0.3, -0.25) is 19.2 Å². The fourth-order valence-corrected chi connectivity index (χ4v) is 0.745. The zero-order valence-electron chi connectivity index (χ0n) is 10.5. The number of nitrogens with two attached hydrogens (primary N) is 2. The summed E-state index contributed by atoms with van der Waals surface area (Å²) < 4.78 is 0. The number of rotatable bonds is 7. The number of halogens is 1. The van der Waals surface area contributed by atoms with E-state index in [2.05, 4.69) is 0 Å². The molecule has 0 spiro atoms. The second kappa shape index (κ2) is 12.9. The summed E-state index contributed by atoms with van der Waals surface area (Å²) in [6.45, 7) is 1.25. The van der Waals surface area contributed by atoms with Crippen LogP contribution >= 0.6 is 12.4 Å². The molecule has 0 radical (unpaired) electrons. The Morgan fingerprint density at radius 3 is 1.79 bits per heavy atom. The lowest BCUT2D eigenvalue weighted by molar-refractivity contribution is -0.140. The molecule has 0 amide bonds. The molecule has 0 bridgehead atoms. The molecule has 0 saturated carbocycles. The minimum Gasteiger partial charge on any atom is -0.481 e. The van der Waals surface area contributed by atoms with Gasteiger partial charge in [0, 0.05) is 12.8 Å². The quantitative estimate of drug-likeness (QED) is 0.474. The van der Waals surface area contributed by atoms with Gasteiger partial charge < -0.3 is 21.7 Å². The molecule has 0 aromatic carbocycles. The molecule has 0 aromatic heterocycles. The summed E-state index contributed by atoms with van der Waals surface area (Å²) in [5, 5.41) is 16.2. The summed E-state index contributed by atoms with van der Waals surface area (Å²) >= 11 is 0. The van der Waals surface area contributed by atoms with Gasteiger partial charge in [0.15, 0.2) is 0 Å². The van der Waals surface area contributed by atoms with Crippen LogP contribution in [0.5, 0.6) is 0 Å². The zero-order chi connectivity index (χ0) is 14.7. The fourth-order valence-electron chi connectivity index (χ4n) is 0.745. The second-order valence-corrected chi connectivity index (χ2v) is 3.49. The summed E-state index contributed by atoms with van der Waals surface area (Å²) in [5.41, 5.74) is 9.91. The Balaban J connectivity index is -0.000000256. The fraction of sp³-hybridized carbons (Fsp3) is 0.600. The van der Waals surface area contributed by atoms with Crippen molar-refractivity contribution in [3.8, 4) is 0 Å². The van der Waals surface area contributed by atoms with Crippen LogP contribution in [0.2, 0.25) is 0 Å². The first-order chi connectivity index (χ1) is 8.20. The van der Waals surface area contributed by atoms with Crippen LogP contribution in [-0.2, 0) is 19.2 Å². The first-order valence-electron chi connectivity index (χ1n) is 5.12. The molecule has 8 nitrogen and oxygen atoms in total. The Morgan fingerprint density at radius 1 is 1.11 bits per heavy atom. The predicted octanol–water partition coefficient (Wildman–Crippen LogP) is -0.822. The summed E-state index contributed by atoms with van der Waals surface area (Å²) in [7, 11) is 0. The molecular formula is C10H19ClN2O6. The smallest absolute Gasteiger partial charge is 0.320 e. The standard InChI is InChI=1S/2C5H9NO3.ClH/c1-3(7)2-4(6)5(8)9;6-3-4(7)1-2-5(8)9;/h4H,2,6H2,1H3,(H,8,9);1-3,6H2,(H,8,9);1H. The molecular weight excluding hydrogens is 280 g/mol. The zero-order valence-corrected chi connectivity index (χ0v) is 11.3. The van der Waals surface area contributed by atoms with E-state index < -0.39 is 18.0 Å². The van der Waals surface area contributed by atoms with E-state index in [4.69, 9.17) is 21.7 Å². The molecule has 0 fully saturated rings. The first kappa shape index (κ1) is 22.7. The molecule has 0 aliphatic carbocycles. The van der Waals surface area contributed by atoms with Crippen molar-refractivity contribution in [2.75, 3.05) is 6.54 Å². The Bertz CT molecular complexity index is 319. The number of carbonyl (C=O) groups excluding carboxylic acids is 2. The number of ketones is 2. The van der Waals surface area contributed by atoms with Crippen LogP contribution in [0.1, 0.15) is 26.2 Å². The Kier molecular flexibility index (Phi) is 15.4. The van der Waals surface area contributed by atoms with Crippen LogP contribution in [-0.4, -0.2) is 46.3 Å². The minimum atomic E-state index is -1.13. The maximum absolute atomic E-state index is 10.3. The van der Waals surface area contributed by atoms with Crippen molar-refractivity contribution in [3.63, 3.8) is 0 Å². The van der Waals surface area contributed by atoms with Gasteiger partial charge in [0.2, 0.25) is 0 Å². The van der Waals surface area contributed by atoms with E-state index in [9.17, 15) is 19.2 Å².